The Morgan fingerprint density at radius 2 is 1.82 bits per heavy atom. The molecule has 0 unspecified atom stereocenters. The highest BCUT2D eigenvalue weighted by Gasteiger charge is 2.21. The molecule has 1 heterocycles. The molecule has 1 amide bonds. The third kappa shape index (κ3) is 6.80. The highest BCUT2D eigenvalue weighted by atomic mass is 32.2. The van der Waals surface area contributed by atoms with Gasteiger partial charge in [0.1, 0.15) is 23.3 Å². The Labute approximate surface area is 224 Å². The van der Waals surface area contributed by atoms with Gasteiger partial charge in [-0.2, -0.15) is 0 Å². The summed E-state index contributed by atoms with van der Waals surface area (Å²) in [6.45, 7) is 5.45. The first kappa shape index (κ1) is 26.9. The highest BCUT2D eigenvalue weighted by Crippen LogP contribution is 2.34. The summed E-state index contributed by atoms with van der Waals surface area (Å²) in [5.41, 5.74) is 2.73. The lowest BCUT2D eigenvalue weighted by molar-refractivity contribution is -0.142. The van der Waals surface area contributed by atoms with Crippen LogP contribution in [0.5, 0.6) is 0 Å². The van der Waals surface area contributed by atoms with Crippen LogP contribution in [0.1, 0.15) is 36.8 Å². The largest absolute Gasteiger partial charge is 0.466 e. The van der Waals surface area contributed by atoms with Crippen LogP contribution >= 0.6 is 11.8 Å². The van der Waals surface area contributed by atoms with Crippen molar-refractivity contribution in [1.82, 2.24) is 5.16 Å². The molecule has 0 aliphatic heterocycles. The molecular formula is C29H27FN2O5S. The van der Waals surface area contributed by atoms with E-state index in [0.29, 0.717) is 29.3 Å². The van der Waals surface area contributed by atoms with Crippen molar-refractivity contribution < 1.29 is 28.0 Å². The predicted octanol–water partition coefficient (Wildman–Crippen LogP) is 7.36. The molecule has 0 radical (unpaired) electrons. The molecule has 0 fully saturated rings. The summed E-state index contributed by atoms with van der Waals surface area (Å²) in [6.07, 6.45) is -1.31. The second kappa shape index (κ2) is 12.4. The van der Waals surface area contributed by atoms with Gasteiger partial charge in [-0.15, -0.1) is 0 Å². The van der Waals surface area contributed by atoms with E-state index in [9.17, 15) is 14.0 Å². The molecule has 1 aromatic heterocycles. The molecule has 0 aliphatic rings. The molecule has 1 atom stereocenters. The number of nitrogens with zero attached hydrogens (tertiary/aromatic N) is 1. The quantitative estimate of drug-likeness (QED) is 0.224. The molecule has 0 spiro atoms. The molecular weight excluding hydrogens is 507 g/mol. The molecule has 38 heavy (non-hydrogen) atoms. The van der Waals surface area contributed by atoms with Crippen LogP contribution in [0.3, 0.4) is 0 Å². The average Bonchev–Trinajstić information content (AvgIpc) is 3.24. The molecule has 0 saturated carbocycles. The Hall–Kier alpha value is -4.11. The van der Waals surface area contributed by atoms with E-state index in [2.05, 4.69) is 10.5 Å². The second-order valence-corrected chi connectivity index (χ2v) is 9.57. The zero-order valence-electron chi connectivity index (χ0n) is 21.2. The van der Waals surface area contributed by atoms with Crippen molar-refractivity contribution in [3.05, 3.63) is 95.4 Å². The predicted molar refractivity (Wildman–Crippen MR) is 142 cm³/mol. The van der Waals surface area contributed by atoms with Crippen molar-refractivity contribution in [2.45, 2.75) is 43.1 Å². The van der Waals surface area contributed by atoms with Crippen LogP contribution in [0.25, 0.3) is 11.3 Å². The standard InChI is InChI=1S/C29H27FN2O5S/c1-4-35-26(33)17-20-8-7-9-23(16-20)38-22-14-12-21(13-15-22)28-27(18(2)32-37-28)31-29(34)36-19(3)24-10-5-6-11-25(24)30/h5-16,19H,4,17H2,1-3H3,(H,31,34)/t19-/m1/s1. The van der Waals surface area contributed by atoms with Crippen LogP contribution in [0, 0.1) is 12.7 Å². The van der Waals surface area contributed by atoms with E-state index in [4.69, 9.17) is 14.0 Å². The Balaban J connectivity index is 1.43. The van der Waals surface area contributed by atoms with Gasteiger partial charge in [0.15, 0.2) is 5.76 Å². The zero-order chi connectivity index (χ0) is 27.1. The van der Waals surface area contributed by atoms with Crippen molar-refractivity contribution in [2.75, 3.05) is 11.9 Å². The summed E-state index contributed by atoms with van der Waals surface area (Å²) in [5.74, 6) is -0.319. The maximum atomic E-state index is 14.0. The topological polar surface area (TPSA) is 90.7 Å². The first-order chi connectivity index (χ1) is 18.3. The number of anilines is 1. The first-order valence-corrected chi connectivity index (χ1v) is 12.9. The van der Waals surface area contributed by atoms with Crippen LogP contribution in [0.4, 0.5) is 14.9 Å². The summed E-state index contributed by atoms with van der Waals surface area (Å²) >= 11 is 1.55. The number of amides is 1. The molecule has 0 bridgehead atoms. The van der Waals surface area contributed by atoms with E-state index in [0.717, 1.165) is 15.4 Å². The van der Waals surface area contributed by atoms with Gasteiger partial charge in [-0.25, -0.2) is 9.18 Å². The molecule has 7 nitrogen and oxygen atoms in total. The summed E-state index contributed by atoms with van der Waals surface area (Å²) in [7, 11) is 0. The summed E-state index contributed by atoms with van der Waals surface area (Å²) < 4.78 is 29.9. The van der Waals surface area contributed by atoms with Crippen LogP contribution in [-0.2, 0) is 20.7 Å². The molecule has 9 heteroatoms. The maximum Gasteiger partial charge on any atom is 0.412 e. The number of rotatable bonds is 9. The minimum absolute atomic E-state index is 0.225. The van der Waals surface area contributed by atoms with Gasteiger partial charge in [-0.1, -0.05) is 47.3 Å². The third-order valence-electron chi connectivity index (χ3n) is 5.62. The van der Waals surface area contributed by atoms with Crippen LogP contribution < -0.4 is 5.32 Å². The normalized spacial score (nSPS) is 11.6. The Morgan fingerprint density at radius 1 is 1.05 bits per heavy atom. The maximum absolute atomic E-state index is 14.0. The van der Waals surface area contributed by atoms with Crippen molar-refractivity contribution in [3.8, 4) is 11.3 Å². The van der Waals surface area contributed by atoms with Gasteiger partial charge >= 0.3 is 12.1 Å². The first-order valence-electron chi connectivity index (χ1n) is 12.0. The van der Waals surface area contributed by atoms with Crippen molar-refractivity contribution in [3.63, 3.8) is 0 Å². The number of ether oxygens (including phenoxy) is 2. The van der Waals surface area contributed by atoms with E-state index in [1.807, 2.05) is 48.5 Å². The number of halogens is 1. The average molecular weight is 535 g/mol. The number of carbonyl (C=O) groups is 2. The van der Waals surface area contributed by atoms with Crippen molar-refractivity contribution >= 4 is 29.5 Å². The van der Waals surface area contributed by atoms with Gasteiger partial charge in [-0.05, 0) is 68.8 Å². The summed E-state index contributed by atoms with van der Waals surface area (Å²) in [4.78, 5) is 26.3. The van der Waals surface area contributed by atoms with E-state index < -0.39 is 18.0 Å². The van der Waals surface area contributed by atoms with E-state index >= 15 is 0 Å². The number of hydrogen-bond donors (Lipinski definition) is 1. The lowest BCUT2D eigenvalue weighted by atomic mass is 10.1. The fourth-order valence-corrected chi connectivity index (χ4v) is 4.68. The van der Waals surface area contributed by atoms with E-state index in [1.165, 1.54) is 6.07 Å². The minimum atomic E-state index is -0.785. The smallest absolute Gasteiger partial charge is 0.412 e. The second-order valence-electron chi connectivity index (χ2n) is 8.42. The van der Waals surface area contributed by atoms with Crippen LogP contribution in [0.2, 0.25) is 0 Å². The number of nitrogens with one attached hydrogen (secondary N) is 1. The number of carbonyl (C=O) groups excluding carboxylic acids is 2. The van der Waals surface area contributed by atoms with Gasteiger partial charge in [-0.3, -0.25) is 10.1 Å². The lowest BCUT2D eigenvalue weighted by Crippen LogP contribution is -2.17. The van der Waals surface area contributed by atoms with Gasteiger partial charge in [0, 0.05) is 20.9 Å². The Kier molecular flexibility index (Phi) is 8.81. The van der Waals surface area contributed by atoms with Gasteiger partial charge < -0.3 is 14.0 Å². The zero-order valence-corrected chi connectivity index (χ0v) is 22.0. The monoisotopic (exact) mass is 534 g/mol. The van der Waals surface area contributed by atoms with E-state index in [-0.39, 0.29) is 18.0 Å². The number of benzene rings is 3. The van der Waals surface area contributed by atoms with Gasteiger partial charge in [0.2, 0.25) is 0 Å². The molecule has 0 aliphatic carbocycles. The van der Waals surface area contributed by atoms with Crippen molar-refractivity contribution in [2.24, 2.45) is 0 Å². The molecule has 4 rings (SSSR count). The molecule has 196 valence electrons. The fourth-order valence-electron chi connectivity index (χ4n) is 3.78. The molecule has 4 aromatic rings. The number of aryl methyl sites for hydroxylation is 1. The minimum Gasteiger partial charge on any atom is -0.466 e. The summed E-state index contributed by atoms with van der Waals surface area (Å²) in [6, 6.07) is 21.5. The lowest BCUT2D eigenvalue weighted by Gasteiger charge is -2.15. The van der Waals surface area contributed by atoms with Crippen molar-refractivity contribution in [1.29, 1.82) is 0 Å². The molecule has 1 N–H and O–H groups in total. The van der Waals surface area contributed by atoms with Gasteiger partial charge in [0.25, 0.3) is 0 Å². The third-order valence-corrected chi connectivity index (χ3v) is 6.62. The highest BCUT2D eigenvalue weighted by molar-refractivity contribution is 7.99. The molecule has 3 aromatic carbocycles. The molecule has 0 saturated heterocycles. The number of aromatic nitrogens is 1. The Morgan fingerprint density at radius 3 is 2.55 bits per heavy atom. The van der Waals surface area contributed by atoms with Gasteiger partial charge in [0.05, 0.1) is 13.0 Å². The Bertz CT molecular complexity index is 1420. The van der Waals surface area contributed by atoms with Crippen LogP contribution in [-0.4, -0.2) is 23.8 Å². The number of esters is 1. The van der Waals surface area contributed by atoms with Crippen LogP contribution in [0.15, 0.2) is 87.1 Å². The summed E-state index contributed by atoms with van der Waals surface area (Å²) in [5, 5.41) is 6.67. The fraction of sp³-hybridized carbons (Fsp3) is 0.207. The number of hydrogen-bond acceptors (Lipinski definition) is 7. The van der Waals surface area contributed by atoms with E-state index in [1.54, 1.807) is 50.7 Å². The SMILES string of the molecule is CCOC(=O)Cc1cccc(Sc2ccc(-c3onc(C)c3NC(=O)O[C@H](C)c3ccccc3F)cc2)c1.